The van der Waals surface area contributed by atoms with Crippen LogP contribution in [0.15, 0.2) is 29.4 Å². The number of nitrogens with one attached hydrogen (secondary N) is 1. The predicted octanol–water partition coefficient (Wildman–Crippen LogP) is 2.36. The molecule has 0 aliphatic heterocycles. The van der Waals surface area contributed by atoms with Crippen molar-refractivity contribution < 1.29 is 9.72 Å². The van der Waals surface area contributed by atoms with Crippen LogP contribution >= 0.6 is 0 Å². The summed E-state index contributed by atoms with van der Waals surface area (Å²) in [6, 6.07) is 5.34. The van der Waals surface area contributed by atoms with E-state index in [0.29, 0.717) is 5.56 Å². The minimum atomic E-state index is -0.514. The molecular weight excluding hydrogens is 234 g/mol. The lowest BCUT2D eigenvalue weighted by Gasteiger charge is -2.09. The molecule has 0 aromatic heterocycles. The summed E-state index contributed by atoms with van der Waals surface area (Å²) in [7, 11) is 0. The normalized spacial score (nSPS) is 11.5. The molecule has 0 radical (unpaired) electrons. The molecule has 1 aromatic carbocycles. The molecule has 1 N–H and O–H groups in total. The van der Waals surface area contributed by atoms with Crippen LogP contribution < -0.4 is 5.43 Å². The van der Waals surface area contributed by atoms with Gasteiger partial charge in [0.05, 0.1) is 4.92 Å². The lowest BCUT2D eigenvalue weighted by molar-refractivity contribution is -0.384. The molecule has 0 fully saturated rings. The van der Waals surface area contributed by atoms with E-state index in [-0.39, 0.29) is 11.1 Å². The van der Waals surface area contributed by atoms with Crippen molar-refractivity contribution in [1.29, 1.82) is 0 Å². The average Bonchev–Trinajstić information content (AvgIpc) is 2.27. The quantitative estimate of drug-likeness (QED) is 0.507. The molecule has 0 heterocycles. The van der Waals surface area contributed by atoms with Gasteiger partial charge in [-0.1, -0.05) is 20.8 Å². The summed E-state index contributed by atoms with van der Waals surface area (Å²) in [5.74, 6) is -0.398. The van der Waals surface area contributed by atoms with Crippen LogP contribution in [0.1, 0.15) is 31.1 Å². The Bertz CT molecular complexity index is 472. The molecule has 18 heavy (non-hydrogen) atoms. The second kappa shape index (κ2) is 5.39. The van der Waals surface area contributed by atoms with Gasteiger partial charge in [0, 0.05) is 23.9 Å². The molecule has 0 aliphatic carbocycles. The Morgan fingerprint density at radius 2 is 1.89 bits per heavy atom. The highest BCUT2D eigenvalue weighted by Gasteiger charge is 2.09. The van der Waals surface area contributed by atoms with Crippen molar-refractivity contribution in [3.8, 4) is 0 Å². The highest BCUT2D eigenvalue weighted by molar-refractivity contribution is 5.94. The highest BCUT2D eigenvalue weighted by atomic mass is 16.6. The molecule has 1 aromatic rings. The third-order valence-corrected chi connectivity index (χ3v) is 1.96. The van der Waals surface area contributed by atoms with Crippen molar-refractivity contribution in [1.82, 2.24) is 5.43 Å². The Hall–Kier alpha value is -2.24. The van der Waals surface area contributed by atoms with Gasteiger partial charge in [-0.2, -0.15) is 5.10 Å². The molecule has 1 rings (SSSR count). The molecule has 0 unspecified atom stereocenters. The number of nitro benzene ring substituents is 1. The molecule has 0 aliphatic rings. The molecule has 0 saturated carbocycles. The maximum Gasteiger partial charge on any atom is 0.271 e. The third-order valence-electron chi connectivity index (χ3n) is 1.96. The Labute approximate surface area is 105 Å². The van der Waals surface area contributed by atoms with Crippen LogP contribution in [0.4, 0.5) is 5.69 Å². The van der Waals surface area contributed by atoms with Crippen molar-refractivity contribution in [3.05, 3.63) is 39.9 Å². The van der Waals surface area contributed by atoms with E-state index >= 15 is 0 Å². The fourth-order valence-corrected chi connectivity index (χ4v) is 1.08. The fourth-order valence-electron chi connectivity index (χ4n) is 1.08. The van der Waals surface area contributed by atoms with Crippen molar-refractivity contribution in [2.45, 2.75) is 20.8 Å². The first kappa shape index (κ1) is 13.8. The number of hydrogen-bond donors (Lipinski definition) is 1. The Balaban J connectivity index is 2.68. The van der Waals surface area contributed by atoms with Crippen molar-refractivity contribution in [3.63, 3.8) is 0 Å². The van der Waals surface area contributed by atoms with Crippen LogP contribution in [0.25, 0.3) is 0 Å². The SMILES string of the molecule is CC(C)(C)C=NNC(=O)c1ccc([N+](=O)[O-])cc1. The Morgan fingerprint density at radius 3 is 2.33 bits per heavy atom. The first-order chi connectivity index (χ1) is 8.29. The summed E-state index contributed by atoms with van der Waals surface area (Å²) in [6.45, 7) is 5.86. The van der Waals surface area contributed by atoms with Crippen LogP contribution in [-0.4, -0.2) is 17.0 Å². The number of amides is 1. The van der Waals surface area contributed by atoms with E-state index < -0.39 is 10.8 Å². The number of rotatable bonds is 3. The maximum absolute atomic E-state index is 11.6. The van der Waals surface area contributed by atoms with Gasteiger partial charge in [-0.25, -0.2) is 5.43 Å². The van der Waals surface area contributed by atoms with E-state index in [0.717, 1.165) is 0 Å². The smallest absolute Gasteiger partial charge is 0.267 e. The monoisotopic (exact) mass is 249 g/mol. The van der Waals surface area contributed by atoms with Crippen LogP contribution in [0.2, 0.25) is 0 Å². The van der Waals surface area contributed by atoms with Crippen molar-refractivity contribution >= 4 is 17.8 Å². The molecule has 6 heteroatoms. The molecule has 6 nitrogen and oxygen atoms in total. The van der Waals surface area contributed by atoms with Gasteiger partial charge in [-0.3, -0.25) is 14.9 Å². The Kier molecular flexibility index (Phi) is 4.14. The molecule has 1 amide bonds. The van der Waals surface area contributed by atoms with Crippen molar-refractivity contribution in [2.75, 3.05) is 0 Å². The minimum Gasteiger partial charge on any atom is -0.267 e. The van der Waals surface area contributed by atoms with E-state index in [2.05, 4.69) is 10.5 Å². The van der Waals surface area contributed by atoms with E-state index in [4.69, 9.17) is 0 Å². The third kappa shape index (κ3) is 4.32. The second-order valence-electron chi connectivity index (χ2n) is 4.87. The average molecular weight is 249 g/mol. The number of carbonyl (C=O) groups excluding carboxylic acids is 1. The van der Waals surface area contributed by atoms with Gasteiger partial charge in [0.15, 0.2) is 0 Å². The fraction of sp³-hybridized carbons (Fsp3) is 0.333. The molecule has 0 spiro atoms. The maximum atomic E-state index is 11.6. The van der Waals surface area contributed by atoms with E-state index in [1.807, 2.05) is 20.8 Å². The number of benzene rings is 1. The summed E-state index contributed by atoms with van der Waals surface area (Å²) in [6.07, 6.45) is 1.62. The first-order valence-corrected chi connectivity index (χ1v) is 5.38. The number of hydrazone groups is 1. The summed E-state index contributed by atoms with van der Waals surface area (Å²) < 4.78 is 0. The molecule has 0 saturated heterocycles. The van der Waals surface area contributed by atoms with E-state index in [1.165, 1.54) is 24.3 Å². The molecule has 0 atom stereocenters. The van der Waals surface area contributed by atoms with Crippen LogP contribution in [0.3, 0.4) is 0 Å². The van der Waals surface area contributed by atoms with Gasteiger partial charge < -0.3 is 0 Å². The summed E-state index contributed by atoms with van der Waals surface area (Å²) in [5.41, 5.74) is 2.52. The van der Waals surface area contributed by atoms with Crippen LogP contribution in [0.5, 0.6) is 0 Å². The first-order valence-electron chi connectivity index (χ1n) is 5.38. The molecule has 0 bridgehead atoms. The van der Waals surface area contributed by atoms with Gasteiger partial charge in [-0.05, 0) is 17.5 Å². The lowest BCUT2D eigenvalue weighted by atomic mass is 9.99. The van der Waals surface area contributed by atoms with Gasteiger partial charge in [0.1, 0.15) is 0 Å². The zero-order valence-corrected chi connectivity index (χ0v) is 10.5. The lowest BCUT2D eigenvalue weighted by Crippen LogP contribution is -2.19. The molecule has 96 valence electrons. The largest absolute Gasteiger partial charge is 0.271 e. The summed E-state index contributed by atoms with van der Waals surface area (Å²) in [4.78, 5) is 21.5. The van der Waals surface area contributed by atoms with Crippen LogP contribution in [-0.2, 0) is 0 Å². The zero-order chi connectivity index (χ0) is 13.8. The zero-order valence-electron chi connectivity index (χ0n) is 10.5. The number of carbonyl (C=O) groups is 1. The van der Waals surface area contributed by atoms with Gasteiger partial charge in [0.2, 0.25) is 0 Å². The number of nitrogens with zero attached hydrogens (tertiary/aromatic N) is 2. The molecular formula is C12H15N3O3. The van der Waals surface area contributed by atoms with Gasteiger partial charge >= 0.3 is 0 Å². The number of hydrogen-bond acceptors (Lipinski definition) is 4. The van der Waals surface area contributed by atoms with E-state index in [9.17, 15) is 14.9 Å². The Morgan fingerprint density at radius 1 is 1.33 bits per heavy atom. The van der Waals surface area contributed by atoms with Crippen molar-refractivity contribution in [2.24, 2.45) is 10.5 Å². The second-order valence-corrected chi connectivity index (χ2v) is 4.87. The predicted molar refractivity (Wildman–Crippen MR) is 68.5 cm³/mol. The minimum absolute atomic E-state index is 0.0512. The number of nitro groups is 1. The standard InChI is InChI=1S/C12H15N3O3/c1-12(2,3)8-13-14-11(16)9-4-6-10(7-5-9)15(17)18/h4-8H,1-3H3,(H,14,16). The van der Waals surface area contributed by atoms with Gasteiger partial charge in [0.25, 0.3) is 11.6 Å². The number of non-ortho nitro benzene ring substituents is 1. The summed E-state index contributed by atoms with van der Waals surface area (Å²) >= 11 is 0. The summed E-state index contributed by atoms with van der Waals surface area (Å²) in [5, 5.41) is 14.3. The van der Waals surface area contributed by atoms with E-state index in [1.54, 1.807) is 6.21 Å². The van der Waals surface area contributed by atoms with Crippen LogP contribution in [0, 0.1) is 15.5 Å². The topological polar surface area (TPSA) is 84.6 Å². The highest BCUT2D eigenvalue weighted by Crippen LogP contribution is 2.12. The van der Waals surface area contributed by atoms with Gasteiger partial charge in [-0.15, -0.1) is 0 Å².